The largest absolute Gasteiger partial charge is 0.496 e. The number of aliphatic hydroxyl groups excluding tert-OH is 1. The van der Waals surface area contributed by atoms with Gasteiger partial charge in [-0.3, -0.25) is 0 Å². The van der Waals surface area contributed by atoms with Crippen molar-refractivity contribution in [2.24, 2.45) is 0 Å². The summed E-state index contributed by atoms with van der Waals surface area (Å²) >= 11 is 1.41. The lowest BCUT2D eigenvalue weighted by molar-refractivity contribution is 0.191. The molecule has 0 amide bonds. The maximum Gasteiger partial charge on any atom is 0.192 e. The van der Waals surface area contributed by atoms with Gasteiger partial charge in [0.25, 0.3) is 0 Å². The summed E-state index contributed by atoms with van der Waals surface area (Å²) in [5, 5.41) is 10.5. The SMILES string of the molecule is COc1cccc(Sc2ncccn2)c1C(C)O. The van der Waals surface area contributed by atoms with Crippen molar-refractivity contribution in [2.75, 3.05) is 7.11 Å². The van der Waals surface area contributed by atoms with Crippen molar-refractivity contribution >= 4 is 11.8 Å². The number of ether oxygens (including phenoxy) is 1. The number of rotatable bonds is 4. The van der Waals surface area contributed by atoms with E-state index in [0.717, 1.165) is 10.5 Å². The second-order valence-electron chi connectivity index (χ2n) is 3.68. The second-order valence-corrected chi connectivity index (χ2v) is 4.69. The van der Waals surface area contributed by atoms with Crippen molar-refractivity contribution in [2.45, 2.75) is 23.1 Å². The third-order valence-corrected chi connectivity index (χ3v) is 3.38. The highest BCUT2D eigenvalue weighted by molar-refractivity contribution is 7.99. The Morgan fingerprint density at radius 1 is 1.22 bits per heavy atom. The molecular formula is C13H14N2O2S. The van der Waals surface area contributed by atoms with Gasteiger partial charge in [-0.2, -0.15) is 0 Å². The minimum Gasteiger partial charge on any atom is -0.496 e. The van der Waals surface area contributed by atoms with Crippen molar-refractivity contribution in [3.63, 3.8) is 0 Å². The summed E-state index contributed by atoms with van der Waals surface area (Å²) in [5.41, 5.74) is 0.762. The van der Waals surface area contributed by atoms with Gasteiger partial charge in [-0.05, 0) is 36.9 Å². The number of hydrogen-bond donors (Lipinski definition) is 1. The van der Waals surface area contributed by atoms with Gasteiger partial charge in [-0.15, -0.1) is 0 Å². The van der Waals surface area contributed by atoms with E-state index in [-0.39, 0.29) is 0 Å². The first-order valence-corrected chi connectivity index (χ1v) is 6.34. The lowest BCUT2D eigenvalue weighted by Crippen LogP contribution is -1.99. The highest BCUT2D eigenvalue weighted by Gasteiger charge is 2.15. The molecule has 2 aromatic rings. The smallest absolute Gasteiger partial charge is 0.192 e. The fraction of sp³-hybridized carbons (Fsp3) is 0.231. The van der Waals surface area contributed by atoms with E-state index in [1.54, 1.807) is 32.5 Å². The third-order valence-electron chi connectivity index (χ3n) is 2.41. The molecule has 5 heteroatoms. The van der Waals surface area contributed by atoms with Crippen LogP contribution in [-0.2, 0) is 0 Å². The van der Waals surface area contributed by atoms with Crippen molar-refractivity contribution < 1.29 is 9.84 Å². The molecule has 0 saturated heterocycles. The summed E-state index contributed by atoms with van der Waals surface area (Å²) in [5.74, 6) is 0.672. The van der Waals surface area contributed by atoms with Gasteiger partial charge < -0.3 is 9.84 Å². The molecule has 1 aromatic carbocycles. The molecule has 1 aromatic heterocycles. The van der Waals surface area contributed by atoms with Crippen molar-refractivity contribution in [1.29, 1.82) is 0 Å². The van der Waals surface area contributed by atoms with Crippen LogP contribution >= 0.6 is 11.8 Å². The van der Waals surface area contributed by atoms with Crippen molar-refractivity contribution in [3.05, 3.63) is 42.2 Å². The predicted molar refractivity (Wildman–Crippen MR) is 69.8 cm³/mol. The molecule has 1 atom stereocenters. The number of aromatic nitrogens is 2. The van der Waals surface area contributed by atoms with E-state index in [4.69, 9.17) is 4.74 Å². The first-order valence-electron chi connectivity index (χ1n) is 5.52. The van der Waals surface area contributed by atoms with Crippen LogP contribution in [-0.4, -0.2) is 22.2 Å². The zero-order chi connectivity index (χ0) is 13.0. The summed E-state index contributed by atoms with van der Waals surface area (Å²) in [6.07, 6.45) is 2.78. The molecule has 0 bridgehead atoms. The van der Waals surface area contributed by atoms with Gasteiger partial charge in [0.05, 0.1) is 13.2 Å². The normalized spacial score (nSPS) is 12.2. The average Bonchev–Trinajstić information content (AvgIpc) is 2.39. The van der Waals surface area contributed by atoms with E-state index in [1.165, 1.54) is 11.8 Å². The Balaban J connectivity index is 2.38. The molecule has 0 aliphatic carbocycles. The van der Waals surface area contributed by atoms with Gasteiger partial charge >= 0.3 is 0 Å². The molecular weight excluding hydrogens is 248 g/mol. The standard InChI is InChI=1S/C13H14N2O2S/c1-9(16)12-10(17-2)5-3-6-11(12)18-13-14-7-4-8-15-13/h3-9,16H,1-2H3. The molecule has 0 fully saturated rings. The second kappa shape index (κ2) is 5.84. The van der Waals surface area contributed by atoms with E-state index in [2.05, 4.69) is 9.97 Å². The number of benzene rings is 1. The van der Waals surface area contributed by atoms with Crippen molar-refractivity contribution in [3.8, 4) is 5.75 Å². The van der Waals surface area contributed by atoms with Gasteiger partial charge in [0.2, 0.25) is 0 Å². The molecule has 0 radical (unpaired) electrons. The van der Waals surface area contributed by atoms with Gasteiger partial charge in [-0.25, -0.2) is 9.97 Å². The molecule has 1 heterocycles. The predicted octanol–water partition coefficient (Wildman–Crippen LogP) is 2.69. The van der Waals surface area contributed by atoms with E-state index in [0.29, 0.717) is 10.9 Å². The molecule has 18 heavy (non-hydrogen) atoms. The quantitative estimate of drug-likeness (QED) is 0.858. The van der Waals surface area contributed by atoms with Crippen molar-refractivity contribution in [1.82, 2.24) is 9.97 Å². The van der Waals surface area contributed by atoms with Crippen LogP contribution in [0.4, 0.5) is 0 Å². The average molecular weight is 262 g/mol. The van der Waals surface area contributed by atoms with Crippen LogP contribution in [0, 0.1) is 0 Å². The molecule has 0 aliphatic heterocycles. The lowest BCUT2D eigenvalue weighted by Gasteiger charge is -2.14. The topological polar surface area (TPSA) is 55.2 Å². The highest BCUT2D eigenvalue weighted by Crippen LogP contribution is 2.36. The van der Waals surface area contributed by atoms with Gasteiger partial charge in [0, 0.05) is 22.9 Å². The molecule has 94 valence electrons. The molecule has 1 N–H and O–H groups in total. The third kappa shape index (κ3) is 2.80. The van der Waals surface area contributed by atoms with Crippen LogP contribution in [0.5, 0.6) is 5.75 Å². The van der Waals surface area contributed by atoms with Crippen LogP contribution in [0.2, 0.25) is 0 Å². The van der Waals surface area contributed by atoms with Gasteiger partial charge in [0.15, 0.2) is 5.16 Å². The Labute approximate surface area is 110 Å². The lowest BCUT2D eigenvalue weighted by atomic mass is 10.1. The van der Waals surface area contributed by atoms with Gasteiger partial charge in [-0.1, -0.05) is 6.07 Å². The summed E-state index contributed by atoms with van der Waals surface area (Å²) < 4.78 is 5.27. The first-order chi connectivity index (χ1) is 8.72. The monoisotopic (exact) mass is 262 g/mol. The van der Waals surface area contributed by atoms with Crippen LogP contribution < -0.4 is 4.74 Å². The highest BCUT2D eigenvalue weighted by atomic mass is 32.2. The van der Waals surface area contributed by atoms with Crippen LogP contribution in [0.3, 0.4) is 0 Å². The number of methoxy groups -OCH3 is 1. The molecule has 0 spiro atoms. The summed E-state index contributed by atoms with van der Waals surface area (Å²) in [7, 11) is 1.59. The van der Waals surface area contributed by atoms with Crippen LogP contribution in [0.15, 0.2) is 46.7 Å². The van der Waals surface area contributed by atoms with E-state index < -0.39 is 6.10 Å². The maximum absolute atomic E-state index is 9.86. The minimum atomic E-state index is -0.604. The fourth-order valence-corrected chi connectivity index (χ4v) is 2.59. The van der Waals surface area contributed by atoms with Crippen LogP contribution in [0.1, 0.15) is 18.6 Å². The fourth-order valence-electron chi connectivity index (χ4n) is 1.64. The molecule has 1 unspecified atom stereocenters. The van der Waals surface area contributed by atoms with E-state index >= 15 is 0 Å². The summed E-state index contributed by atoms with van der Waals surface area (Å²) in [6, 6.07) is 7.41. The van der Waals surface area contributed by atoms with Gasteiger partial charge in [0.1, 0.15) is 5.75 Å². The molecule has 2 rings (SSSR count). The minimum absolute atomic E-state index is 0.604. The summed E-state index contributed by atoms with van der Waals surface area (Å²) in [4.78, 5) is 9.22. The summed E-state index contributed by atoms with van der Waals surface area (Å²) in [6.45, 7) is 1.72. The maximum atomic E-state index is 9.86. The van der Waals surface area contributed by atoms with E-state index in [1.807, 2.05) is 18.2 Å². The zero-order valence-corrected chi connectivity index (χ0v) is 11.0. The Hall–Kier alpha value is -1.59. The molecule has 0 saturated carbocycles. The molecule has 0 aliphatic rings. The zero-order valence-electron chi connectivity index (χ0n) is 10.2. The number of nitrogens with zero attached hydrogens (tertiary/aromatic N) is 2. The number of hydrogen-bond acceptors (Lipinski definition) is 5. The first kappa shape index (κ1) is 12.9. The number of aliphatic hydroxyl groups is 1. The Kier molecular flexibility index (Phi) is 4.17. The Bertz CT molecular complexity index is 518. The van der Waals surface area contributed by atoms with E-state index in [9.17, 15) is 5.11 Å². The Morgan fingerprint density at radius 3 is 2.56 bits per heavy atom. The van der Waals surface area contributed by atoms with Crippen LogP contribution in [0.25, 0.3) is 0 Å². The Morgan fingerprint density at radius 2 is 1.94 bits per heavy atom. The molecule has 4 nitrogen and oxygen atoms in total.